The minimum absolute atomic E-state index is 0.00766. The number of Topliss-reactive ketones (excluding diaryl/α,β-unsaturated/α-hetero) is 1. The van der Waals surface area contributed by atoms with Crippen LogP contribution in [0.3, 0.4) is 0 Å². The molecule has 0 aromatic carbocycles. The molecule has 0 aliphatic heterocycles. The molecule has 4 N–H and O–H groups in total. The summed E-state index contributed by atoms with van der Waals surface area (Å²) in [7, 11) is 0. The molecule has 0 bridgehead atoms. The normalized spacial score (nSPS) is 36.9. The van der Waals surface area contributed by atoms with Gasteiger partial charge in [0.05, 0.1) is 12.5 Å². The van der Waals surface area contributed by atoms with Gasteiger partial charge < -0.3 is 25.4 Å². The zero-order valence-electron chi connectivity index (χ0n) is 24.6. The lowest BCUT2D eigenvalue weighted by Gasteiger charge is -2.60. The zero-order chi connectivity index (χ0) is 30.3. The average Bonchev–Trinajstić information content (AvgIpc) is 3.16. The van der Waals surface area contributed by atoms with Crippen molar-refractivity contribution in [2.45, 2.75) is 110 Å². The Bertz CT molecular complexity index is 1130. The van der Waals surface area contributed by atoms with Crippen molar-refractivity contribution in [1.29, 1.82) is 0 Å². The van der Waals surface area contributed by atoms with E-state index >= 15 is 0 Å². The number of hydrogen-bond donors (Lipinski definition) is 4. The highest BCUT2D eigenvalue weighted by molar-refractivity contribution is 5.92. The van der Waals surface area contributed by atoms with Crippen LogP contribution < -0.4 is 5.32 Å². The third kappa shape index (κ3) is 5.74. The van der Waals surface area contributed by atoms with E-state index in [2.05, 4.69) is 12.2 Å². The molecule has 8 atom stereocenters. The van der Waals surface area contributed by atoms with Crippen LogP contribution in [0.25, 0.3) is 0 Å². The fourth-order valence-electron chi connectivity index (χ4n) is 8.66. The molecule has 3 saturated carbocycles. The van der Waals surface area contributed by atoms with Gasteiger partial charge in [0.2, 0.25) is 11.7 Å². The van der Waals surface area contributed by atoms with Crippen molar-refractivity contribution < 1.29 is 44.0 Å². The van der Waals surface area contributed by atoms with Crippen LogP contribution in [-0.4, -0.2) is 69.1 Å². The third-order valence-electron chi connectivity index (χ3n) is 10.8. The first kappa shape index (κ1) is 31.3. The maximum atomic E-state index is 13.4. The summed E-state index contributed by atoms with van der Waals surface area (Å²) in [6, 6.07) is -1.05. The molecule has 10 nitrogen and oxygen atoms in total. The molecule has 228 valence electrons. The number of amides is 1. The Kier molecular flexibility index (Phi) is 8.86. The molecule has 4 aliphatic rings. The van der Waals surface area contributed by atoms with Gasteiger partial charge in [0.25, 0.3) is 0 Å². The molecule has 0 aromatic rings. The van der Waals surface area contributed by atoms with E-state index in [4.69, 9.17) is 4.74 Å². The first-order valence-corrected chi connectivity index (χ1v) is 15.0. The summed E-state index contributed by atoms with van der Waals surface area (Å²) in [4.78, 5) is 61.4. The number of nitrogens with one attached hydrogen (secondary N) is 1. The number of rotatable bonds is 10. The van der Waals surface area contributed by atoms with Crippen molar-refractivity contribution >= 4 is 29.4 Å². The summed E-state index contributed by atoms with van der Waals surface area (Å²) in [6.45, 7) is 7.05. The van der Waals surface area contributed by atoms with E-state index in [0.717, 1.165) is 18.4 Å². The molecule has 41 heavy (non-hydrogen) atoms. The van der Waals surface area contributed by atoms with Gasteiger partial charge in [0.1, 0.15) is 11.6 Å². The van der Waals surface area contributed by atoms with Gasteiger partial charge in [-0.1, -0.05) is 33.3 Å². The molecular formula is C31H45NO9. The second-order valence-corrected chi connectivity index (χ2v) is 13.6. The Hall–Kier alpha value is -2.59. The van der Waals surface area contributed by atoms with Gasteiger partial charge in [-0.25, -0.2) is 4.79 Å². The maximum absolute atomic E-state index is 13.4. The molecule has 1 unspecified atom stereocenters. The number of esters is 1. The standard InChI is InChI=1S/C31H45NO9/c1-17(2)13-22(28(38)39)32-25(36)7-8-26(37)41-16-24(35)31(40)12-10-21-20-6-5-18-14-19(33)9-11-29(18,3)27(20)23(34)15-30(21,31)4/h14,17,20-23,27,34,40H,5-13,15-16H2,1-4H3,(H,32,36)(H,38,39)/t20-,21-,22?,23-,27+,29-,30-,31-/m0/s1. The highest BCUT2D eigenvalue weighted by atomic mass is 16.5. The van der Waals surface area contributed by atoms with Crippen LogP contribution in [0.2, 0.25) is 0 Å². The zero-order valence-corrected chi connectivity index (χ0v) is 24.6. The lowest BCUT2D eigenvalue weighted by atomic mass is 9.45. The van der Waals surface area contributed by atoms with E-state index in [1.165, 1.54) is 0 Å². The summed E-state index contributed by atoms with van der Waals surface area (Å²) in [5, 5.41) is 35.0. The Morgan fingerprint density at radius 3 is 2.46 bits per heavy atom. The van der Waals surface area contributed by atoms with E-state index in [0.29, 0.717) is 19.3 Å². The van der Waals surface area contributed by atoms with Crippen LogP contribution in [0.15, 0.2) is 11.6 Å². The second-order valence-electron chi connectivity index (χ2n) is 13.6. The van der Waals surface area contributed by atoms with Crippen molar-refractivity contribution in [3.63, 3.8) is 0 Å². The Morgan fingerprint density at radius 1 is 1.10 bits per heavy atom. The van der Waals surface area contributed by atoms with Gasteiger partial charge in [0.15, 0.2) is 12.4 Å². The summed E-state index contributed by atoms with van der Waals surface area (Å²) in [5.41, 5.74) is -1.81. The monoisotopic (exact) mass is 575 g/mol. The Balaban J connectivity index is 1.36. The summed E-state index contributed by atoms with van der Waals surface area (Å²) in [6.07, 6.45) is 4.47. The lowest BCUT2D eigenvalue weighted by molar-refractivity contribution is -0.184. The molecule has 0 saturated heterocycles. The molecule has 0 heterocycles. The lowest BCUT2D eigenvalue weighted by Crippen LogP contribution is -2.62. The van der Waals surface area contributed by atoms with Crippen molar-refractivity contribution in [1.82, 2.24) is 5.32 Å². The molecule has 0 spiro atoms. The number of carbonyl (C=O) groups excluding carboxylic acids is 4. The number of allylic oxidation sites excluding steroid dienone is 1. The number of ketones is 2. The van der Waals surface area contributed by atoms with Crippen LogP contribution in [0.5, 0.6) is 0 Å². The summed E-state index contributed by atoms with van der Waals surface area (Å²) < 4.78 is 5.16. The van der Waals surface area contributed by atoms with Crippen LogP contribution >= 0.6 is 0 Å². The molecule has 0 aromatic heterocycles. The van der Waals surface area contributed by atoms with Crippen LogP contribution in [0.4, 0.5) is 0 Å². The van der Waals surface area contributed by atoms with E-state index < -0.39 is 53.4 Å². The fourth-order valence-corrected chi connectivity index (χ4v) is 8.66. The minimum Gasteiger partial charge on any atom is -0.480 e. The summed E-state index contributed by atoms with van der Waals surface area (Å²) in [5.74, 6) is -2.89. The first-order chi connectivity index (χ1) is 19.1. The maximum Gasteiger partial charge on any atom is 0.326 e. The number of hydrogen-bond acceptors (Lipinski definition) is 8. The number of fused-ring (bicyclic) bond motifs is 5. The molecular weight excluding hydrogens is 530 g/mol. The van der Waals surface area contributed by atoms with Gasteiger partial charge in [-0.2, -0.15) is 0 Å². The van der Waals surface area contributed by atoms with Gasteiger partial charge in [-0.05, 0) is 80.1 Å². The van der Waals surface area contributed by atoms with E-state index in [1.807, 2.05) is 20.8 Å². The van der Waals surface area contributed by atoms with Crippen LogP contribution in [0.1, 0.15) is 91.9 Å². The van der Waals surface area contributed by atoms with Gasteiger partial charge in [0, 0.05) is 18.3 Å². The number of aliphatic hydroxyl groups excluding tert-OH is 1. The second kappa shape index (κ2) is 11.6. The number of carboxylic acid groups (broad SMARTS) is 1. The SMILES string of the molecule is CC(C)CC(NC(=O)CCC(=O)OCC(=O)[C@@]1(O)CC[C@H]2[C@@H]3CCC4=CC(=O)CC[C@]4(C)[C@H]3[C@@H](O)C[C@@]21C)C(=O)O. The van der Waals surface area contributed by atoms with Crippen molar-refractivity contribution in [2.75, 3.05) is 6.61 Å². The quantitative estimate of drug-likeness (QED) is 0.286. The molecule has 3 fully saturated rings. The third-order valence-corrected chi connectivity index (χ3v) is 10.8. The fraction of sp³-hybridized carbons (Fsp3) is 0.774. The smallest absolute Gasteiger partial charge is 0.326 e. The molecule has 4 aliphatic carbocycles. The average molecular weight is 576 g/mol. The van der Waals surface area contributed by atoms with E-state index in [-0.39, 0.29) is 67.0 Å². The molecule has 0 radical (unpaired) electrons. The van der Waals surface area contributed by atoms with E-state index in [1.54, 1.807) is 6.08 Å². The van der Waals surface area contributed by atoms with Gasteiger partial charge >= 0.3 is 11.9 Å². The Morgan fingerprint density at radius 2 is 1.80 bits per heavy atom. The molecule has 1 amide bonds. The van der Waals surface area contributed by atoms with Crippen LogP contribution in [0, 0.1) is 34.5 Å². The minimum atomic E-state index is -1.76. The number of aliphatic carboxylic acids is 1. The first-order valence-electron chi connectivity index (χ1n) is 15.0. The van der Waals surface area contributed by atoms with Crippen molar-refractivity contribution in [3.05, 3.63) is 11.6 Å². The predicted octanol–water partition coefficient (Wildman–Crippen LogP) is 2.73. The van der Waals surface area contributed by atoms with Crippen molar-refractivity contribution in [2.24, 2.45) is 34.5 Å². The number of aliphatic hydroxyl groups is 2. The van der Waals surface area contributed by atoms with E-state index in [9.17, 15) is 39.3 Å². The Labute approximate surface area is 241 Å². The highest BCUT2D eigenvalue weighted by Crippen LogP contribution is 2.67. The van der Waals surface area contributed by atoms with Gasteiger partial charge in [-0.3, -0.25) is 19.2 Å². The number of carboxylic acids is 1. The van der Waals surface area contributed by atoms with Gasteiger partial charge in [-0.15, -0.1) is 0 Å². The summed E-state index contributed by atoms with van der Waals surface area (Å²) >= 11 is 0. The number of ether oxygens (including phenoxy) is 1. The predicted molar refractivity (Wildman–Crippen MR) is 147 cm³/mol. The highest BCUT2D eigenvalue weighted by Gasteiger charge is 2.68. The molecule has 10 heteroatoms. The number of carbonyl (C=O) groups is 5. The topological polar surface area (TPSA) is 167 Å². The van der Waals surface area contributed by atoms with Crippen molar-refractivity contribution in [3.8, 4) is 0 Å². The van der Waals surface area contributed by atoms with Crippen LogP contribution in [-0.2, 0) is 28.7 Å². The largest absolute Gasteiger partial charge is 0.480 e. The molecule has 4 rings (SSSR count).